The Kier molecular flexibility index (Phi) is 12.3. The third kappa shape index (κ3) is 10.9. The number of benzene rings is 2. The Bertz CT molecular complexity index is 819. The molecule has 31 heavy (non-hydrogen) atoms. The summed E-state index contributed by atoms with van der Waals surface area (Å²) in [5.74, 6) is 6.15. The maximum Gasteiger partial charge on any atom is 0.337 e. The maximum absolute atomic E-state index is 11.4. The molecule has 0 atom stereocenters. The summed E-state index contributed by atoms with van der Waals surface area (Å²) in [4.78, 5) is 11.4. The number of carbonyl (C=O) groups is 1. The fraction of sp³-hybridized carbons (Fsp3) is 0.444. The van der Waals surface area contributed by atoms with Crippen LogP contribution in [0.4, 0.5) is 5.69 Å². The Morgan fingerprint density at radius 1 is 0.839 bits per heavy atom. The normalized spacial score (nSPS) is 10.3. The highest BCUT2D eigenvalue weighted by Crippen LogP contribution is 2.13. The molecular formula is C27H34ClNO2. The number of methoxy groups -OCH3 is 1. The first kappa shape index (κ1) is 24.8. The quantitative estimate of drug-likeness (QED) is 0.199. The van der Waals surface area contributed by atoms with Crippen molar-refractivity contribution in [1.82, 2.24) is 0 Å². The second kappa shape index (κ2) is 15.4. The zero-order valence-corrected chi connectivity index (χ0v) is 19.3. The number of nitrogens with one attached hydrogen (secondary N) is 1. The van der Waals surface area contributed by atoms with Gasteiger partial charge in [-0.1, -0.05) is 68.4 Å². The minimum Gasteiger partial charge on any atom is -0.465 e. The van der Waals surface area contributed by atoms with Crippen LogP contribution in [0.3, 0.4) is 0 Å². The van der Waals surface area contributed by atoms with Crippen molar-refractivity contribution in [3.8, 4) is 11.8 Å². The van der Waals surface area contributed by atoms with Crippen molar-refractivity contribution >= 4 is 23.3 Å². The van der Waals surface area contributed by atoms with Crippen LogP contribution in [-0.2, 0) is 4.74 Å². The first-order valence-corrected chi connectivity index (χ1v) is 11.7. The highest BCUT2D eigenvalue weighted by molar-refractivity contribution is 6.30. The average molecular weight is 440 g/mol. The molecule has 2 rings (SSSR count). The van der Waals surface area contributed by atoms with E-state index in [9.17, 15) is 4.79 Å². The second-order valence-electron chi connectivity index (χ2n) is 7.74. The van der Waals surface area contributed by atoms with Crippen molar-refractivity contribution in [3.05, 3.63) is 64.7 Å². The molecule has 4 heteroatoms. The Morgan fingerprint density at radius 3 is 2.03 bits per heavy atom. The maximum atomic E-state index is 11.4. The van der Waals surface area contributed by atoms with E-state index in [0.717, 1.165) is 29.2 Å². The van der Waals surface area contributed by atoms with Crippen LogP contribution in [0.25, 0.3) is 0 Å². The number of anilines is 1. The van der Waals surface area contributed by atoms with Crippen LogP contribution in [0.2, 0.25) is 5.02 Å². The van der Waals surface area contributed by atoms with Gasteiger partial charge in [0.1, 0.15) is 0 Å². The SMILES string of the molecule is COC(=O)c1ccc(NCCCCCCCCCCCC#Cc2ccc(Cl)cc2)cc1. The van der Waals surface area contributed by atoms with E-state index in [1.807, 2.05) is 36.4 Å². The van der Waals surface area contributed by atoms with E-state index in [4.69, 9.17) is 16.3 Å². The molecule has 0 aromatic heterocycles. The summed E-state index contributed by atoms with van der Waals surface area (Å²) in [7, 11) is 1.40. The number of hydrogen-bond donors (Lipinski definition) is 1. The molecule has 0 aliphatic heterocycles. The lowest BCUT2D eigenvalue weighted by atomic mass is 10.1. The van der Waals surface area contributed by atoms with Gasteiger partial charge in [0, 0.05) is 29.2 Å². The van der Waals surface area contributed by atoms with Crippen LogP contribution in [0, 0.1) is 11.8 Å². The number of carbonyl (C=O) groups excluding carboxylic acids is 1. The van der Waals surface area contributed by atoms with Gasteiger partial charge < -0.3 is 10.1 Å². The molecule has 0 saturated heterocycles. The van der Waals surface area contributed by atoms with E-state index in [0.29, 0.717) is 5.56 Å². The first-order chi connectivity index (χ1) is 15.2. The topological polar surface area (TPSA) is 38.3 Å². The Labute approximate surface area is 192 Å². The van der Waals surface area contributed by atoms with Crippen molar-refractivity contribution < 1.29 is 9.53 Å². The van der Waals surface area contributed by atoms with Crippen molar-refractivity contribution in [2.24, 2.45) is 0 Å². The zero-order valence-electron chi connectivity index (χ0n) is 18.6. The van der Waals surface area contributed by atoms with Gasteiger partial charge in [0.15, 0.2) is 0 Å². The second-order valence-corrected chi connectivity index (χ2v) is 8.17. The predicted octanol–water partition coefficient (Wildman–Crippen LogP) is 7.49. The highest BCUT2D eigenvalue weighted by atomic mass is 35.5. The number of unbranched alkanes of at least 4 members (excludes halogenated alkanes) is 9. The molecule has 1 N–H and O–H groups in total. The number of hydrogen-bond acceptors (Lipinski definition) is 3. The summed E-state index contributed by atoms with van der Waals surface area (Å²) in [5.41, 5.74) is 2.67. The van der Waals surface area contributed by atoms with Gasteiger partial charge in [-0.25, -0.2) is 4.79 Å². The van der Waals surface area contributed by atoms with Crippen LogP contribution in [0.5, 0.6) is 0 Å². The molecule has 0 fully saturated rings. The standard InChI is InChI=1S/C27H34ClNO2/c1-31-27(30)24-16-20-26(21-17-24)29-22-12-10-8-6-4-2-3-5-7-9-11-13-23-14-18-25(28)19-15-23/h14-21,29H,2-10,12,22H2,1H3. The van der Waals surface area contributed by atoms with Gasteiger partial charge in [0.05, 0.1) is 12.7 Å². The molecular weight excluding hydrogens is 406 g/mol. The molecule has 0 heterocycles. The minimum absolute atomic E-state index is 0.297. The Hall–Kier alpha value is -2.44. The van der Waals surface area contributed by atoms with Crippen molar-refractivity contribution in [2.45, 2.75) is 64.2 Å². The van der Waals surface area contributed by atoms with E-state index in [1.165, 1.54) is 64.9 Å². The highest BCUT2D eigenvalue weighted by Gasteiger charge is 2.03. The van der Waals surface area contributed by atoms with Gasteiger partial charge in [0.25, 0.3) is 0 Å². The lowest BCUT2D eigenvalue weighted by Gasteiger charge is -2.07. The lowest BCUT2D eigenvalue weighted by Crippen LogP contribution is -2.03. The van der Waals surface area contributed by atoms with Gasteiger partial charge >= 0.3 is 5.97 Å². The summed E-state index contributed by atoms with van der Waals surface area (Å²) in [6.45, 7) is 0.967. The Balaban J connectivity index is 1.38. The molecule has 2 aromatic carbocycles. The molecule has 0 spiro atoms. The molecule has 3 nitrogen and oxygen atoms in total. The number of rotatable bonds is 13. The van der Waals surface area contributed by atoms with Gasteiger partial charge in [0.2, 0.25) is 0 Å². The zero-order chi connectivity index (χ0) is 22.2. The fourth-order valence-electron chi connectivity index (χ4n) is 3.35. The summed E-state index contributed by atoms with van der Waals surface area (Å²) < 4.78 is 4.71. The summed E-state index contributed by atoms with van der Waals surface area (Å²) >= 11 is 5.87. The Morgan fingerprint density at radius 2 is 1.42 bits per heavy atom. The van der Waals surface area contributed by atoms with Crippen LogP contribution < -0.4 is 5.32 Å². The van der Waals surface area contributed by atoms with E-state index < -0.39 is 0 Å². The number of esters is 1. The van der Waals surface area contributed by atoms with Gasteiger partial charge in [-0.2, -0.15) is 0 Å². The molecule has 0 radical (unpaired) electrons. The van der Waals surface area contributed by atoms with Crippen molar-refractivity contribution in [3.63, 3.8) is 0 Å². The summed E-state index contributed by atoms with van der Waals surface area (Å²) in [6.07, 6.45) is 12.5. The summed E-state index contributed by atoms with van der Waals surface area (Å²) in [5, 5.41) is 4.16. The smallest absolute Gasteiger partial charge is 0.337 e. The monoisotopic (exact) mass is 439 g/mol. The van der Waals surface area contributed by atoms with Crippen LogP contribution in [0.1, 0.15) is 80.1 Å². The van der Waals surface area contributed by atoms with E-state index >= 15 is 0 Å². The van der Waals surface area contributed by atoms with Gasteiger partial charge in [-0.05, 0) is 61.4 Å². The number of ether oxygens (including phenoxy) is 1. The molecule has 0 amide bonds. The molecule has 0 aliphatic carbocycles. The van der Waals surface area contributed by atoms with E-state index in [-0.39, 0.29) is 5.97 Å². The third-order valence-electron chi connectivity index (χ3n) is 5.19. The van der Waals surface area contributed by atoms with Gasteiger partial charge in [-0.15, -0.1) is 0 Å². The molecule has 0 unspecified atom stereocenters. The summed E-state index contributed by atoms with van der Waals surface area (Å²) in [6, 6.07) is 15.1. The molecule has 2 aromatic rings. The minimum atomic E-state index is -0.297. The van der Waals surface area contributed by atoms with Gasteiger partial charge in [-0.3, -0.25) is 0 Å². The molecule has 0 bridgehead atoms. The molecule has 0 aliphatic rings. The molecule has 166 valence electrons. The third-order valence-corrected chi connectivity index (χ3v) is 5.44. The first-order valence-electron chi connectivity index (χ1n) is 11.4. The average Bonchev–Trinajstić information content (AvgIpc) is 2.80. The van der Waals surface area contributed by atoms with Crippen LogP contribution >= 0.6 is 11.6 Å². The van der Waals surface area contributed by atoms with Crippen LogP contribution in [0.15, 0.2) is 48.5 Å². The van der Waals surface area contributed by atoms with Crippen LogP contribution in [-0.4, -0.2) is 19.6 Å². The largest absolute Gasteiger partial charge is 0.465 e. The fourth-order valence-corrected chi connectivity index (χ4v) is 3.47. The van der Waals surface area contributed by atoms with Crippen molar-refractivity contribution in [2.75, 3.05) is 19.0 Å². The number of halogens is 1. The lowest BCUT2D eigenvalue weighted by molar-refractivity contribution is 0.0601. The predicted molar refractivity (Wildman–Crippen MR) is 131 cm³/mol. The van der Waals surface area contributed by atoms with Crippen molar-refractivity contribution in [1.29, 1.82) is 0 Å². The molecule has 0 saturated carbocycles. The van der Waals surface area contributed by atoms with E-state index in [1.54, 1.807) is 12.1 Å². The van der Waals surface area contributed by atoms with E-state index in [2.05, 4.69) is 17.2 Å².